The lowest BCUT2D eigenvalue weighted by molar-refractivity contribution is -0.145. The first-order chi connectivity index (χ1) is 7.74. The summed E-state index contributed by atoms with van der Waals surface area (Å²) in [6, 6.07) is 0. The Labute approximate surface area is 102 Å². The number of carbonyl (C=O) groups excluding carboxylic acids is 1. The van der Waals surface area contributed by atoms with Crippen LogP contribution >= 0.6 is 17.8 Å². The van der Waals surface area contributed by atoms with Crippen LogP contribution in [-0.4, -0.2) is 37.9 Å². The van der Waals surface area contributed by atoms with Gasteiger partial charge < -0.3 is 9.47 Å². The maximum absolute atomic E-state index is 10.9. The van der Waals surface area contributed by atoms with Crippen LogP contribution in [0.1, 0.15) is 19.8 Å². The van der Waals surface area contributed by atoms with Gasteiger partial charge in [-0.05, 0) is 32.1 Å². The lowest BCUT2D eigenvalue weighted by Crippen LogP contribution is -2.15. The Balaban J connectivity index is 3.74. The second-order valence-corrected chi connectivity index (χ2v) is 5.34. The highest BCUT2D eigenvalue weighted by Crippen LogP contribution is 2.23. The van der Waals surface area contributed by atoms with E-state index in [0.717, 1.165) is 12.3 Å². The Morgan fingerprint density at radius 1 is 1.50 bits per heavy atom. The lowest BCUT2D eigenvalue weighted by Gasteiger charge is -2.13. The first kappa shape index (κ1) is 16.0. The van der Waals surface area contributed by atoms with E-state index < -0.39 is 0 Å². The zero-order valence-electron chi connectivity index (χ0n) is 10.1. The number of hydrogen-bond acceptors (Lipinski definition) is 3. The molecule has 94 valence electrons. The minimum absolute atomic E-state index is 0.0438. The number of methoxy groups -OCH3 is 1. The number of rotatable bonds is 9. The van der Waals surface area contributed by atoms with E-state index in [0.29, 0.717) is 8.58 Å². The highest BCUT2D eigenvalue weighted by Gasteiger charge is 2.07. The van der Waals surface area contributed by atoms with E-state index in [4.69, 9.17) is 4.74 Å². The van der Waals surface area contributed by atoms with E-state index in [1.807, 2.05) is 19.1 Å². The number of carbonyl (C=O) groups is 1. The molecule has 0 radical (unpaired) electrons. The molecule has 3 unspecified atom stereocenters. The average Bonchev–Trinajstić information content (AvgIpc) is 2.30. The van der Waals surface area contributed by atoms with Gasteiger partial charge >= 0.3 is 5.97 Å². The zero-order chi connectivity index (χ0) is 12.2. The predicted octanol–water partition coefficient (Wildman–Crippen LogP) is 2.41. The third kappa shape index (κ3) is 9.27. The maximum atomic E-state index is 10.9. The number of hydrogen-bond donors (Lipinski definition) is 0. The van der Waals surface area contributed by atoms with Crippen molar-refractivity contribution in [2.24, 2.45) is 0 Å². The summed E-state index contributed by atoms with van der Waals surface area (Å²) in [4.78, 5) is 10.9. The van der Waals surface area contributed by atoms with E-state index in [1.165, 1.54) is 20.0 Å². The second-order valence-electron chi connectivity index (χ2n) is 3.28. The van der Waals surface area contributed by atoms with Crippen molar-refractivity contribution in [1.82, 2.24) is 0 Å². The van der Waals surface area contributed by atoms with Crippen LogP contribution in [0.5, 0.6) is 0 Å². The largest absolute Gasteiger partial charge is 0.467 e. The maximum Gasteiger partial charge on any atom is 0.331 e. The van der Waals surface area contributed by atoms with Crippen molar-refractivity contribution in [2.45, 2.75) is 25.6 Å². The molecule has 0 bridgehead atoms. The van der Waals surface area contributed by atoms with Gasteiger partial charge in [-0.25, -0.2) is 4.79 Å². The van der Waals surface area contributed by atoms with E-state index >= 15 is 0 Å². The Bertz CT molecular complexity index is 207. The van der Waals surface area contributed by atoms with Crippen LogP contribution in [-0.2, 0) is 14.3 Å². The molecular formula is C11H22O3P2. The molecule has 16 heavy (non-hydrogen) atoms. The number of unbranched alkanes of at least 4 members (excludes halogenated alkanes) is 1. The van der Waals surface area contributed by atoms with Gasteiger partial charge in [0, 0.05) is 0 Å². The Morgan fingerprint density at radius 3 is 2.81 bits per heavy atom. The van der Waals surface area contributed by atoms with Gasteiger partial charge in [-0.3, -0.25) is 0 Å². The molecule has 0 saturated heterocycles. The van der Waals surface area contributed by atoms with Gasteiger partial charge in [0.05, 0.1) is 13.0 Å². The van der Waals surface area contributed by atoms with Gasteiger partial charge in [-0.15, -0.1) is 9.24 Å². The topological polar surface area (TPSA) is 35.5 Å². The summed E-state index contributed by atoms with van der Waals surface area (Å²) in [5.41, 5.74) is 0. The third-order valence-electron chi connectivity index (χ3n) is 1.95. The molecule has 0 heterocycles. The summed E-state index contributed by atoms with van der Waals surface area (Å²) >= 11 is 0. The van der Waals surface area contributed by atoms with Crippen LogP contribution in [0, 0.1) is 0 Å². The van der Waals surface area contributed by atoms with Crippen molar-refractivity contribution in [1.29, 1.82) is 0 Å². The summed E-state index contributed by atoms with van der Waals surface area (Å²) in [6.07, 6.45) is 8.73. The van der Waals surface area contributed by atoms with Gasteiger partial charge in [0.1, 0.15) is 6.61 Å². The average molecular weight is 264 g/mol. The van der Waals surface area contributed by atoms with E-state index in [-0.39, 0.29) is 18.4 Å². The molecule has 0 fully saturated rings. The number of ether oxygens (including phenoxy) is 2. The van der Waals surface area contributed by atoms with Crippen molar-refractivity contribution in [3.8, 4) is 0 Å². The number of esters is 1. The summed E-state index contributed by atoms with van der Waals surface area (Å²) in [5.74, 6) is -0.252. The predicted molar refractivity (Wildman–Crippen MR) is 73.6 cm³/mol. The molecule has 0 rings (SSSR count). The summed E-state index contributed by atoms with van der Waals surface area (Å²) < 4.78 is 10.00. The zero-order valence-corrected chi connectivity index (χ0v) is 12.2. The van der Waals surface area contributed by atoms with Crippen molar-refractivity contribution in [2.75, 3.05) is 26.0 Å². The molecule has 0 spiro atoms. The van der Waals surface area contributed by atoms with Gasteiger partial charge in [0.15, 0.2) is 0 Å². The molecule has 0 saturated carbocycles. The fourth-order valence-electron chi connectivity index (χ4n) is 1.09. The normalized spacial score (nSPS) is 13.7. The summed E-state index contributed by atoms with van der Waals surface area (Å²) in [5, 5.41) is 0. The Hall–Kier alpha value is 0.0300. The van der Waals surface area contributed by atoms with Crippen LogP contribution in [0.15, 0.2) is 12.2 Å². The van der Waals surface area contributed by atoms with Gasteiger partial charge in [0.2, 0.25) is 0 Å². The minimum atomic E-state index is -0.315. The molecule has 0 aliphatic heterocycles. The van der Waals surface area contributed by atoms with Crippen molar-refractivity contribution >= 4 is 23.8 Å². The van der Waals surface area contributed by atoms with Crippen molar-refractivity contribution < 1.29 is 14.3 Å². The molecule has 5 heteroatoms. The van der Waals surface area contributed by atoms with E-state index in [2.05, 4.69) is 14.0 Å². The quantitative estimate of drug-likeness (QED) is 0.278. The van der Waals surface area contributed by atoms with Crippen LogP contribution < -0.4 is 0 Å². The highest BCUT2D eigenvalue weighted by atomic mass is 31.1. The molecule has 0 amide bonds. The van der Waals surface area contributed by atoms with Crippen LogP contribution in [0.25, 0.3) is 0 Å². The molecule has 0 N–H and O–H groups in total. The van der Waals surface area contributed by atoms with Crippen molar-refractivity contribution in [3.05, 3.63) is 12.2 Å². The molecule has 3 nitrogen and oxygen atoms in total. The molecule has 0 aromatic heterocycles. The molecule has 0 aromatic carbocycles. The Kier molecular flexibility index (Phi) is 11.5. The SMILES string of the molecule is CC=CC(OCC(=O)OC)PCCCCP. The molecule has 0 aliphatic rings. The first-order valence-electron chi connectivity index (χ1n) is 5.49. The fourth-order valence-corrected chi connectivity index (χ4v) is 2.64. The first-order valence-corrected chi connectivity index (χ1v) is 7.59. The highest BCUT2D eigenvalue weighted by molar-refractivity contribution is 7.38. The smallest absolute Gasteiger partial charge is 0.331 e. The monoisotopic (exact) mass is 264 g/mol. The second kappa shape index (κ2) is 11.5. The van der Waals surface area contributed by atoms with E-state index in [9.17, 15) is 4.79 Å². The standard InChI is InChI=1S/C11H22O3P2/c1-3-6-11(14-9-10(12)13-2)16-8-5-4-7-15/h3,6,11,16H,4-5,7-9,15H2,1-2H3. The minimum Gasteiger partial charge on any atom is -0.467 e. The van der Waals surface area contributed by atoms with Crippen molar-refractivity contribution in [3.63, 3.8) is 0 Å². The third-order valence-corrected chi connectivity index (χ3v) is 3.76. The fraction of sp³-hybridized carbons (Fsp3) is 0.727. The number of allylic oxidation sites excluding steroid dienone is 1. The van der Waals surface area contributed by atoms with Gasteiger partial charge in [-0.2, -0.15) is 0 Å². The lowest BCUT2D eigenvalue weighted by atomic mass is 10.4. The molecule has 0 aliphatic carbocycles. The molecule has 0 aromatic rings. The van der Waals surface area contributed by atoms with Gasteiger partial charge in [-0.1, -0.05) is 20.7 Å². The van der Waals surface area contributed by atoms with Gasteiger partial charge in [0.25, 0.3) is 0 Å². The molecule has 3 atom stereocenters. The Morgan fingerprint density at radius 2 is 2.25 bits per heavy atom. The van der Waals surface area contributed by atoms with Crippen LogP contribution in [0.3, 0.4) is 0 Å². The van der Waals surface area contributed by atoms with E-state index in [1.54, 1.807) is 0 Å². The van der Waals surface area contributed by atoms with Crippen LogP contribution in [0.4, 0.5) is 0 Å². The van der Waals surface area contributed by atoms with Crippen LogP contribution in [0.2, 0.25) is 0 Å². The summed E-state index contributed by atoms with van der Waals surface area (Å²) in [7, 11) is 4.82. The molecular weight excluding hydrogens is 242 g/mol. The summed E-state index contributed by atoms with van der Waals surface area (Å²) in [6.45, 7) is 2.00.